The SMILES string of the molecule is CCCc1ccc(C2CN(CC#N)C(=O)N2)cc1. The van der Waals surface area contributed by atoms with Gasteiger partial charge in [0.05, 0.1) is 12.1 Å². The summed E-state index contributed by atoms with van der Waals surface area (Å²) in [5.74, 6) is 0. The van der Waals surface area contributed by atoms with Crippen LogP contribution >= 0.6 is 0 Å². The first-order valence-corrected chi connectivity index (χ1v) is 6.25. The van der Waals surface area contributed by atoms with Gasteiger partial charge in [0, 0.05) is 6.54 Å². The van der Waals surface area contributed by atoms with Crippen molar-refractivity contribution in [2.45, 2.75) is 25.8 Å². The highest BCUT2D eigenvalue weighted by Crippen LogP contribution is 2.20. The number of carbonyl (C=O) groups excluding carboxylic acids is 1. The Morgan fingerprint density at radius 2 is 2.17 bits per heavy atom. The van der Waals surface area contributed by atoms with Crippen LogP contribution in [-0.2, 0) is 6.42 Å². The lowest BCUT2D eigenvalue weighted by atomic mass is 10.0. The number of nitrogens with zero attached hydrogens (tertiary/aromatic N) is 2. The Morgan fingerprint density at radius 3 is 2.78 bits per heavy atom. The molecule has 18 heavy (non-hydrogen) atoms. The standard InChI is InChI=1S/C14H17N3O/c1-2-3-11-4-6-12(7-5-11)13-10-17(9-8-15)14(18)16-13/h4-7,13H,2-3,9-10H2,1H3,(H,16,18). The Balaban J connectivity index is 2.05. The molecule has 1 unspecified atom stereocenters. The molecule has 2 amide bonds. The van der Waals surface area contributed by atoms with E-state index in [-0.39, 0.29) is 18.6 Å². The number of amides is 2. The number of carbonyl (C=O) groups is 1. The van der Waals surface area contributed by atoms with Crippen molar-refractivity contribution < 1.29 is 4.79 Å². The van der Waals surface area contributed by atoms with Gasteiger partial charge < -0.3 is 10.2 Å². The molecule has 1 heterocycles. The minimum atomic E-state index is -0.154. The molecule has 0 saturated carbocycles. The molecule has 1 saturated heterocycles. The molecule has 1 aromatic rings. The molecule has 1 aliphatic rings. The molecule has 1 fully saturated rings. The zero-order chi connectivity index (χ0) is 13.0. The van der Waals surface area contributed by atoms with E-state index in [1.165, 1.54) is 10.5 Å². The molecular weight excluding hydrogens is 226 g/mol. The molecule has 4 heteroatoms. The predicted molar refractivity (Wildman–Crippen MR) is 68.9 cm³/mol. The molecule has 1 N–H and O–H groups in total. The van der Waals surface area contributed by atoms with E-state index in [4.69, 9.17) is 5.26 Å². The topological polar surface area (TPSA) is 56.1 Å². The second-order valence-electron chi connectivity index (χ2n) is 4.53. The monoisotopic (exact) mass is 243 g/mol. The average Bonchev–Trinajstić information content (AvgIpc) is 2.73. The maximum Gasteiger partial charge on any atom is 0.318 e. The van der Waals surface area contributed by atoms with Gasteiger partial charge in [0.25, 0.3) is 0 Å². The number of benzene rings is 1. The van der Waals surface area contributed by atoms with Crippen molar-refractivity contribution in [3.8, 4) is 6.07 Å². The Kier molecular flexibility index (Phi) is 3.83. The van der Waals surface area contributed by atoms with Gasteiger partial charge in [0.2, 0.25) is 0 Å². The normalized spacial score (nSPS) is 18.6. The molecule has 1 aromatic carbocycles. The lowest BCUT2D eigenvalue weighted by molar-refractivity contribution is 0.222. The van der Waals surface area contributed by atoms with E-state index in [1.54, 1.807) is 0 Å². The van der Waals surface area contributed by atoms with Crippen molar-refractivity contribution in [3.63, 3.8) is 0 Å². The van der Waals surface area contributed by atoms with Crippen LogP contribution in [0.1, 0.15) is 30.5 Å². The summed E-state index contributed by atoms with van der Waals surface area (Å²) in [6.45, 7) is 2.88. The first-order chi connectivity index (χ1) is 8.74. The lowest BCUT2D eigenvalue weighted by Gasteiger charge is -2.11. The van der Waals surface area contributed by atoms with Crippen LogP contribution in [0.25, 0.3) is 0 Å². The fourth-order valence-corrected chi connectivity index (χ4v) is 2.21. The minimum absolute atomic E-state index is 0.00141. The zero-order valence-electron chi connectivity index (χ0n) is 10.5. The molecule has 94 valence electrons. The molecule has 1 atom stereocenters. The minimum Gasteiger partial charge on any atom is -0.329 e. The maximum atomic E-state index is 11.6. The number of rotatable bonds is 4. The second kappa shape index (κ2) is 5.54. The van der Waals surface area contributed by atoms with Gasteiger partial charge in [-0.25, -0.2) is 4.79 Å². The summed E-state index contributed by atoms with van der Waals surface area (Å²) < 4.78 is 0. The van der Waals surface area contributed by atoms with Crippen LogP contribution in [0.3, 0.4) is 0 Å². The molecule has 0 bridgehead atoms. The summed E-state index contributed by atoms with van der Waals surface area (Å²) in [4.78, 5) is 13.1. The Labute approximate surface area is 107 Å². The summed E-state index contributed by atoms with van der Waals surface area (Å²) in [5, 5.41) is 11.5. The van der Waals surface area contributed by atoms with E-state index in [1.807, 2.05) is 6.07 Å². The fourth-order valence-electron chi connectivity index (χ4n) is 2.21. The smallest absolute Gasteiger partial charge is 0.318 e. The number of aryl methyl sites for hydroxylation is 1. The molecule has 0 spiro atoms. The number of hydrogen-bond acceptors (Lipinski definition) is 2. The molecule has 0 aliphatic carbocycles. The highest BCUT2D eigenvalue weighted by molar-refractivity contribution is 5.77. The summed E-state index contributed by atoms with van der Waals surface area (Å²) in [5.41, 5.74) is 2.42. The molecule has 2 rings (SSSR count). The van der Waals surface area contributed by atoms with Crippen LogP contribution in [-0.4, -0.2) is 24.0 Å². The Hall–Kier alpha value is -2.02. The van der Waals surface area contributed by atoms with Crippen LogP contribution in [0.4, 0.5) is 4.79 Å². The van der Waals surface area contributed by atoms with Gasteiger partial charge in [-0.2, -0.15) is 5.26 Å². The van der Waals surface area contributed by atoms with Crippen LogP contribution in [0.15, 0.2) is 24.3 Å². The molecule has 0 aromatic heterocycles. The second-order valence-corrected chi connectivity index (χ2v) is 4.53. The fraction of sp³-hybridized carbons (Fsp3) is 0.429. The number of nitrogens with one attached hydrogen (secondary N) is 1. The number of hydrogen-bond donors (Lipinski definition) is 1. The molecular formula is C14H17N3O. The largest absolute Gasteiger partial charge is 0.329 e. The van der Waals surface area contributed by atoms with Gasteiger partial charge in [-0.3, -0.25) is 0 Å². The van der Waals surface area contributed by atoms with E-state index in [0.29, 0.717) is 6.54 Å². The summed E-state index contributed by atoms with van der Waals surface area (Å²) >= 11 is 0. The van der Waals surface area contributed by atoms with E-state index in [0.717, 1.165) is 18.4 Å². The van der Waals surface area contributed by atoms with Gasteiger partial charge in [0.1, 0.15) is 6.54 Å². The van der Waals surface area contributed by atoms with Crippen molar-refractivity contribution in [2.24, 2.45) is 0 Å². The van der Waals surface area contributed by atoms with Crippen molar-refractivity contribution in [2.75, 3.05) is 13.1 Å². The van der Waals surface area contributed by atoms with Gasteiger partial charge in [-0.1, -0.05) is 37.6 Å². The van der Waals surface area contributed by atoms with Crippen molar-refractivity contribution >= 4 is 6.03 Å². The zero-order valence-corrected chi connectivity index (χ0v) is 10.5. The highest BCUT2D eigenvalue weighted by Gasteiger charge is 2.29. The van der Waals surface area contributed by atoms with Crippen molar-refractivity contribution in [1.29, 1.82) is 5.26 Å². The quantitative estimate of drug-likeness (QED) is 0.824. The summed E-state index contributed by atoms with van der Waals surface area (Å²) in [6, 6.07) is 10.2. The van der Waals surface area contributed by atoms with Crippen molar-refractivity contribution in [1.82, 2.24) is 10.2 Å². The summed E-state index contributed by atoms with van der Waals surface area (Å²) in [7, 11) is 0. The van der Waals surface area contributed by atoms with Crippen molar-refractivity contribution in [3.05, 3.63) is 35.4 Å². The molecule has 4 nitrogen and oxygen atoms in total. The van der Waals surface area contributed by atoms with Gasteiger partial charge in [-0.15, -0.1) is 0 Å². The first kappa shape index (κ1) is 12.4. The average molecular weight is 243 g/mol. The highest BCUT2D eigenvalue weighted by atomic mass is 16.2. The first-order valence-electron chi connectivity index (χ1n) is 6.25. The lowest BCUT2D eigenvalue weighted by Crippen LogP contribution is -2.28. The van der Waals surface area contributed by atoms with Crippen LogP contribution in [0.5, 0.6) is 0 Å². The van der Waals surface area contributed by atoms with Crippen LogP contribution in [0, 0.1) is 11.3 Å². The van der Waals surface area contributed by atoms with E-state index in [2.05, 4.69) is 36.5 Å². The Morgan fingerprint density at radius 1 is 1.44 bits per heavy atom. The van der Waals surface area contributed by atoms with Crippen LogP contribution in [0.2, 0.25) is 0 Å². The Bertz CT molecular complexity index is 461. The molecule has 1 aliphatic heterocycles. The van der Waals surface area contributed by atoms with E-state index in [9.17, 15) is 4.79 Å². The van der Waals surface area contributed by atoms with E-state index >= 15 is 0 Å². The van der Waals surface area contributed by atoms with Gasteiger partial charge >= 0.3 is 6.03 Å². The van der Waals surface area contributed by atoms with Crippen LogP contribution < -0.4 is 5.32 Å². The third-order valence-corrected chi connectivity index (χ3v) is 3.17. The number of nitriles is 1. The molecule has 0 radical (unpaired) electrons. The maximum absolute atomic E-state index is 11.6. The third kappa shape index (κ3) is 2.62. The van der Waals surface area contributed by atoms with Gasteiger partial charge in [0.15, 0.2) is 0 Å². The van der Waals surface area contributed by atoms with Gasteiger partial charge in [-0.05, 0) is 17.5 Å². The third-order valence-electron chi connectivity index (χ3n) is 3.17. The number of urea groups is 1. The predicted octanol–water partition coefficient (Wildman–Crippen LogP) is 2.23. The summed E-state index contributed by atoms with van der Waals surface area (Å²) in [6.07, 6.45) is 2.22. The van der Waals surface area contributed by atoms with E-state index < -0.39 is 0 Å².